The normalized spacial score (nSPS) is 10.1. The molecule has 0 atom stereocenters. The van der Waals surface area contributed by atoms with E-state index in [1.54, 1.807) is 0 Å². The van der Waals surface area contributed by atoms with Crippen molar-refractivity contribution in [2.45, 2.75) is 6.42 Å². The molecule has 4 nitrogen and oxygen atoms in total. The Labute approximate surface area is 103 Å². The van der Waals surface area contributed by atoms with Gasteiger partial charge >= 0.3 is 0 Å². The van der Waals surface area contributed by atoms with Gasteiger partial charge in [-0.15, -0.1) is 0 Å². The van der Waals surface area contributed by atoms with Gasteiger partial charge in [0.05, 0.1) is 12.6 Å². The fourth-order valence-corrected chi connectivity index (χ4v) is 1.42. The molecule has 0 saturated carbocycles. The van der Waals surface area contributed by atoms with E-state index >= 15 is 0 Å². The van der Waals surface area contributed by atoms with E-state index in [2.05, 4.69) is 9.97 Å². The van der Waals surface area contributed by atoms with Crippen LogP contribution in [-0.4, -0.2) is 21.5 Å². The lowest BCUT2D eigenvalue weighted by molar-refractivity contribution is 0.0891. The third-order valence-electron chi connectivity index (χ3n) is 2.34. The lowest BCUT2D eigenvalue weighted by Crippen LogP contribution is -2.10. The molecule has 0 fully saturated rings. The summed E-state index contributed by atoms with van der Waals surface area (Å²) in [5, 5.41) is 0. The van der Waals surface area contributed by atoms with E-state index in [9.17, 15) is 14.0 Å². The Balaban J connectivity index is 2.08. The summed E-state index contributed by atoms with van der Waals surface area (Å²) >= 11 is 0. The maximum Gasteiger partial charge on any atom is 0.188 e. The van der Waals surface area contributed by atoms with Crippen molar-refractivity contribution < 1.29 is 14.0 Å². The van der Waals surface area contributed by atoms with Gasteiger partial charge in [-0.25, -0.2) is 4.39 Å². The first-order valence-electron chi connectivity index (χ1n) is 5.25. The van der Waals surface area contributed by atoms with Crippen LogP contribution in [0.5, 0.6) is 0 Å². The highest BCUT2D eigenvalue weighted by molar-refractivity contribution is 6.12. The first-order valence-corrected chi connectivity index (χ1v) is 5.25. The molecule has 0 radical (unpaired) electrons. The molecule has 0 bridgehead atoms. The molecule has 0 amide bonds. The molecular formula is C13H9FN2O2. The van der Waals surface area contributed by atoms with Gasteiger partial charge in [0.25, 0.3) is 0 Å². The van der Waals surface area contributed by atoms with E-state index in [0.29, 0.717) is 5.56 Å². The van der Waals surface area contributed by atoms with Crippen LogP contribution in [0.15, 0.2) is 42.9 Å². The van der Waals surface area contributed by atoms with E-state index in [-0.39, 0.29) is 17.9 Å². The van der Waals surface area contributed by atoms with Crippen molar-refractivity contribution >= 4 is 11.6 Å². The minimum Gasteiger partial charge on any atom is -0.294 e. The number of nitrogens with zero attached hydrogens (tertiary/aromatic N) is 2. The maximum absolute atomic E-state index is 12.6. The third-order valence-corrected chi connectivity index (χ3v) is 2.34. The van der Waals surface area contributed by atoms with Crippen molar-refractivity contribution in [2.75, 3.05) is 0 Å². The quantitative estimate of drug-likeness (QED) is 0.610. The summed E-state index contributed by atoms with van der Waals surface area (Å²) in [7, 11) is 0. The van der Waals surface area contributed by atoms with Gasteiger partial charge < -0.3 is 0 Å². The number of carbonyl (C=O) groups excluding carboxylic acids is 2. The fourth-order valence-electron chi connectivity index (χ4n) is 1.42. The number of halogens is 1. The Morgan fingerprint density at radius 1 is 1.06 bits per heavy atom. The van der Waals surface area contributed by atoms with Crippen LogP contribution in [-0.2, 0) is 0 Å². The van der Waals surface area contributed by atoms with E-state index in [4.69, 9.17) is 0 Å². The van der Waals surface area contributed by atoms with Gasteiger partial charge in [-0.1, -0.05) is 0 Å². The van der Waals surface area contributed by atoms with E-state index in [0.717, 1.165) is 12.3 Å². The molecule has 0 aromatic carbocycles. The molecule has 0 aliphatic rings. The van der Waals surface area contributed by atoms with Crippen molar-refractivity contribution in [3.05, 3.63) is 59.9 Å². The Hall–Kier alpha value is -2.43. The average molecular weight is 244 g/mol. The van der Waals surface area contributed by atoms with Crippen molar-refractivity contribution in [2.24, 2.45) is 0 Å². The van der Waals surface area contributed by atoms with Crippen molar-refractivity contribution in [3.63, 3.8) is 0 Å². The zero-order valence-corrected chi connectivity index (χ0v) is 9.34. The summed E-state index contributed by atoms with van der Waals surface area (Å²) in [6, 6.07) is 5.47. The topological polar surface area (TPSA) is 59.9 Å². The first-order chi connectivity index (χ1) is 8.66. The molecule has 0 aliphatic heterocycles. The van der Waals surface area contributed by atoms with Gasteiger partial charge in [-0.2, -0.15) is 0 Å². The molecule has 0 spiro atoms. The number of ketones is 2. The van der Waals surface area contributed by atoms with Crippen LogP contribution in [0.25, 0.3) is 0 Å². The molecule has 0 unspecified atom stereocenters. The largest absolute Gasteiger partial charge is 0.294 e. The molecule has 0 saturated heterocycles. The summed E-state index contributed by atoms with van der Waals surface area (Å²) in [5.41, 5.74) is 0.499. The SMILES string of the molecule is O=C(CC(=O)c1ccc(F)cn1)c1ccncc1. The van der Waals surface area contributed by atoms with Crippen LogP contribution in [0, 0.1) is 5.82 Å². The minimum absolute atomic E-state index is 0.0822. The second-order valence-electron chi connectivity index (χ2n) is 3.62. The van der Waals surface area contributed by atoms with Gasteiger partial charge in [-0.3, -0.25) is 19.6 Å². The summed E-state index contributed by atoms with van der Waals surface area (Å²) < 4.78 is 12.6. The molecule has 2 rings (SSSR count). The lowest BCUT2D eigenvalue weighted by atomic mass is 10.1. The van der Waals surface area contributed by atoms with Gasteiger partial charge in [0.15, 0.2) is 11.6 Å². The smallest absolute Gasteiger partial charge is 0.188 e. The number of pyridine rings is 2. The molecular weight excluding hydrogens is 235 g/mol. The Morgan fingerprint density at radius 3 is 2.39 bits per heavy atom. The fraction of sp³-hybridized carbons (Fsp3) is 0.0769. The summed E-state index contributed by atoms with van der Waals surface area (Å²) in [6.07, 6.45) is 3.62. The zero-order chi connectivity index (χ0) is 13.0. The van der Waals surface area contributed by atoms with Gasteiger partial charge in [0.2, 0.25) is 0 Å². The van der Waals surface area contributed by atoms with Crippen molar-refractivity contribution in [1.29, 1.82) is 0 Å². The van der Waals surface area contributed by atoms with Gasteiger partial charge in [0, 0.05) is 18.0 Å². The lowest BCUT2D eigenvalue weighted by Gasteiger charge is -2.00. The average Bonchev–Trinajstić information content (AvgIpc) is 2.40. The number of carbonyl (C=O) groups is 2. The molecule has 0 N–H and O–H groups in total. The van der Waals surface area contributed by atoms with Crippen LogP contribution in [0.1, 0.15) is 27.3 Å². The summed E-state index contributed by atoms with van der Waals surface area (Å²) in [6.45, 7) is 0. The van der Waals surface area contributed by atoms with E-state index in [1.807, 2.05) is 0 Å². The van der Waals surface area contributed by atoms with E-state index in [1.165, 1.54) is 30.6 Å². The molecule has 2 heterocycles. The van der Waals surface area contributed by atoms with Crippen LogP contribution >= 0.6 is 0 Å². The van der Waals surface area contributed by atoms with Crippen LogP contribution in [0.2, 0.25) is 0 Å². The Morgan fingerprint density at radius 2 is 1.78 bits per heavy atom. The van der Waals surface area contributed by atoms with Crippen molar-refractivity contribution in [1.82, 2.24) is 9.97 Å². The molecule has 0 aliphatic carbocycles. The zero-order valence-electron chi connectivity index (χ0n) is 9.34. The Bertz CT molecular complexity index is 567. The second-order valence-corrected chi connectivity index (χ2v) is 3.62. The number of hydrogen-bond donors (Lipinski definition) is 0. The number of Topliss-reactive ketones (excluding diaryl/α,β-unsaturated/α-hetero) is 2. The monoisotopic (exact) mass is 244 g/mol. The van der Waals surface area contributed by atoms with Crippen LogP contribution in [0.4, 0.5) is 4.39 Å². The first kappa shape index (κ1) is 12.0. The maximum atomic E-state index is 12.6. The third kappa shape index (κ3) is 2.82. The number of rotatable bonds is 4. The van der Waals surface area contributed by atoms with Crippen LogP contribution < -0.4 is 0 Å². The predicted molar refractivity (Wildman–Crippen MR) is 61.7 cm³/mol. The molecule has 2 aromatic heterocycles. The van der Waals surface area contributed by atoms with Crippen molar-refractivity contribution in [3.8, 4) is 0 Å². The van der Waals surface area contributed by atoms with E-state index < -0.39 is 11.6 Å². The predicted octanol–water partition coefficient (Wildman–Crippen LogP) is 2.07. The Kier molecular flexibility index (Phi) is 3.52. The van der Waals surface area contributed by atoms with Crippen LogP contribution in [0.3, 0.4) is 0 Å². The summed E-state index contributed by atoms with van der Waals surface area (Å²) in [4.78, 5) is 30.9. The highest BCUT2D eigenvalue weighted by Gasteiger charge is 2.14. The second kappa shape index (κ2) is 5.27. The summed E-state index contributed by atoms with van der Waals surface area (Å²) in [5.74, 6) is -1.27. The standard InChI is InChI=1S/C13H9FN2O2/c14-10-1-2-11(16-8-10)13(18)7-12(17)9-3-5-15-6-4-9/h1-6,8H,7H2. The highest BCUT2D eigenvalue weighted by Crippen LogP contribution is 2.07. The molecule has 90 valence electrons. The molecule has 2 aromatic rings. The highest BCUT2D eigenvalue weighted by atomic mass is 19.1. The minimum atomic E-state index is -0.521. The van der Waals surface area contributed by atoms with Gasteiger partial charge in [-0.05, 0) is 24.3 Å². The number of aromatic nitrogens is 2. The van der Waals surface area contributed by atoms with Gasteiger partial charge in [0.1, 0.15) is 11.5 Å². The molecule has 18 heavy (non-hydrogen) atoms. The number of hydrogen-bond acceptors (Lipinski definition) is 4. The molecule has 5 heteroatoms.